The highest BCUT2D eigenvalue weighted by Crippen LogP contribution is 2.17. The van der Waals surface area contributed by atoms with Crippen molar-refractivity contribution in [3.8, 4) is 5.75 Å². The molecule has 0 bridgehead atoms. The van der Waals surface area contributed by atoms with Gasteiger partial charge in [0.2, 0.25) is 15.9 Å². The van der Waals surface area contributed by atoms with Gasteiger partial charge in [-0.25, -0.2) is 13.1 Å². The van der Waals surface area contributed by atoms with E-state index in [0.717, 1.165) is 5.56 Å². The van der Waals surface area contributed by atoms with Gasteiger partial charge in [-0.05, 0) is 43.2 Å². The third kappa shape index (κ3) is 6.58. The minimum atomic E-state index is -3.71. The average Bonchev–Trinajstić information content (AvgIpc) is 2.59. The number of rotatable bonds is 9. The van der Waals surface area contributed by atoms with Gasteiger partial charge in [0.05, 0.1) is 4.90 Å². The van der Waals surface area contributed by atoms with Gasteiger partial charge >= 0.3 is 6.61 Å². The van der Waals surface area contributed by atoms with Crippen LogP contribution in [0.5, 0.6) is 5.75 Å². The van der Waals surface area contributed by atoms with Gasteiger partial charge in [0.1, 0.15) is 5.75 Å². The van der Waals surface area contributed by atoms with Crippen LogP contribution in [-0.2, 0) is 21.4 Å². The van der Waals surface area contributed by atoms with Crippen molar-refractivity contribution in [2.24, 2.45) is 0 Å². The lowest BCUT2D eigenvalue weighted by atomic mass is 10.2. The van der Waals surface area contributed by atoms with E-state index in [-0.39, 0.29) is 36.1 Å². The van der Waals surface area contributed by atoms with Gasteiger partial charge in [0, 0.05) is 19.5 Å². The van der Waals surface area contributed by atoms with Crippen molar-refractivity contribution >= 4 is 15.9 Å². The van der Waals surface area contributed by atoms with Gasteiger partial charge in [-0.3, -0.25) is 4.79 Å². The zero-order chi connectivity index (χ0) is 20.7. The van der Waals surface area contributed by atoms with E-state index in [9.17, 15) is 22.0 Å². The molecule has 0 spiro atoms. The molecule has 0 aromatic heterocycles. The van der Waals surface area contributed by atoms with Crippen molar-refractivity contribution in [3.05, 3.63) is 59.2 Å². The van der Waals surface area contributed by atoms with Crippen LogP contribution in [0.4, 0.5) is 8.78 Å². The summed E-state index contributed by atoms with van der Waals surface area (Å²) >= 11 is 0. The number of nitrogens with one attached hydrogen (secondary N) is 2. The van der Waals surface area contributed by atoms with E-state index < -0.39 is 16.6 Å². The molecule has 0 atom stereocenters. The van der Waals surface area contributed by atoms with Gasteiger partial charge in [-0.15, -0.1) is 0 Å². The molecule has 2 N–H and O–H groups in total. The molecule has 0 aliphatic rings. The Hall–Kier alpha value is -2.52. The average molecular weight is 412 g/mol. The molecule has 0 radical (unpaired) electrons. The Morgan fingerprint density at radius 1 is 1.14 bits per heavy atom. The van der Waals surface area contributed by atoms with E-state index in [4.69, 9.17) is 0 Å². The Balaban J connectivity index is 1.83. The number of carbonyl (C=O) groups is 1. The summed E-state index contributed by atoms with van der Waals surface area (Å²) in [7, 11) is -3.71. The number of benzene rings is 2. The quantitative estimate of drug-likeness (QED) is 0.663. The van der Waals surface area contributed by atoms with Gasteiger partial charge in [0.25, 0.3) is 0 Å². The minimum absolute atomic E-state index is 0.00276. The van der Waals surface area contributed by atoms with E-state index in [1.54, 1.807) is 25.1 Å². The van der Waals surface area contributed by atoms with Crippen molar-refractivity contribution in [3.63, 3.8) is 0 Å². The Labute approximate surface area is 163 Å². The number of aryl methyl sites for hydroxylation is 2. The highest BCUT2D eigenvalue weighted by molar-refractivity contribution is 7.89. The second-order valence-electron chi connectivity index (χ2n) is 6.22. The molecule has 0 aliphatic carbocycles. The molecule has 0 fully saturated rings. The van der Waals surface area contributed by atoms with Crippen LogP contribution in [0.1, 0.15) is 23.1 Å². The standard InChI is InChI=1S/C19H22F2N2O4S/c1-13-6-7-17(14(2)10-13)28(25,26)23-9-8-18(24)22-12-15-4-3-5-16(11-15)27-19(20)21/h3-7,10-11,19,23H,8-9,12H2,1-2H3,(H,22,24). The van der Waals surface area contributed by atoms with E-state index in [1.807, 2.05) is 6.92 Å². The molecule has 0 saturated heterocycles. The van der Waals surface area contributed by atoms with Gasteiger partial charge in [-0.1, -0.05) is 29.8 Å². The summed E-state index contributed by atoms with van der Waals surface area (Å²) in [5, 5.41) is 2.61. The van der Waals surface area contributed by atoms with Crippen molar-refractivity contribution in [1.29, 1.82) is 0 Å². The van der Waals surface area contributed by atoms with E-state index in [0.29, 0.717) is 11.1 Å². The fraction of sp³-hybridized carbons (Fsp3) is 0.316. The molecule has 0 unspecified atom stereocenters. The summed E-state index contributed by atoms with van der Waals surface area (Å²) in [6.07, 6.45) is -0.0582. The molecule has 2 rings (SSSR count). The maximum atomic E-state index is 12.3. The third-order valence-corrected chi connectivity index (χ3v) is 5.50. The van der Waals surface area contributed by atoms with Crippen LogP contribution in [0.15, 0.2) is 47.4 Å². The molecule has 0 aliphatic heterocycles. The second kappa shape index (κ2) is 9.61. The summed E-state index contributed by atoms with van der Waals surface area (Å²) in [5.74, 6) is -0.369. The molecular formula is C19H22F2N2O4S. The number of ether oxygens (including phenoxy) is 1. The lowest BCUT2D eigenvalue weighted by Crippen LogP contribution is -2.30. The van der Waals surface area contributed by atoms with Crippen LogP contribution in [0.25, 0.3) is 0 Å². The fourth-order valence-electron chi connectivity index (χ4n) is 2.60. The molecule has 0 heterocycles. The number of halogens is 2. The number of carbonyl (C=O) groups excluding carboxylic acids is 1. The minimum Gasteiger partial charge on any atom is -0.435 e. The maximum absolute atomic E-state index is 12.3. The van der Waals surface area contributed by atoms with Crippen LogP contribution in [0.2, 0.25) is 0 Å². The van der Waals surface area contributed by atoms with Crippen LogP contribution >= 0.6 is 0 Å². The number of sulfonamides is 1. The summed E-state index contributed by atoms with van der Waals surface area (Å²) in [6.45, 7) is 0.713. The largest absolute Gasteiger partial charge is 0.435 e. The SMILES string of the molecule is Cc1ccc(S(=O)(=O)NCCC(=O)NCc2cccc(OC(F)F)c2)c(C)c1. The van der Waals surface area contributed by atoms with E-state index in [1.165, 1.54) is 24.3 Å². The zero-order valence-electron chi connectivity index (χ0n) is 15.5. The first-order chi connectivity index (χ1) is 13.2. The Kier molecular flexibility index (Phi) is 7.47. The van der Waals surface area contributed by atoms with Crippen LogP contribution in [-0.4, -0.2) is 27.5 Å². The first kappa shape index (κ1) is 21.8. The predicted molar refractivity (Wildman–Crippen MR) is 101 cm³/mol. The Bertz CT molecular complexity index is 933. The smallest absolute Gasteiger partial charge is 0.387 e. The predicted octanol–water partition coefficient (Wildman–Crippen LogP) is 2.89. The van der Waals surface area contributed by atoms with E-state index in [2.05, 4.69) is 14.8 Å². The van der Waals surface area contributed by atoms with Crippen molar-refractivity contribution in [2.45, 2.75) is 38.3 Å². The Morgan fingerprint density at radius 3 is 2.57 bits per heavy atom. The third-order valence-electron chi connectivity index (χ3n) is 3.88. The van der Waals surface area contributed by atoms with Crippen molar-refractivity contribution in [2.75, 3.05) is 6.54 Å². The summed E-state index contributed by atoms with van der Waals surface area (Å²) in [5.41, 5.74) is 2.17. The molecule has 1 amide bonds. The monoisotopic (exact) mass is 412 g/mol. The van der Waals surface area contributed by atoms with Gasteiger partial charge < -0.3 is 10.1 Å². The molecule has 0 saturated carbocycles. The zero-order valence-corrected chi connectivity index (χ0v) is 16.4. The van der Waals surface area contributed by atoms with Gasteiger partial charge in [-0.2, -0.15) is 8.78 Å². The van der Waals surface area contributed by atoms with Crippen molar-refractivity contribution < 1.29 is 26.7 Å². The first-order valence-electron chi connectivity index (χ1n) is 8.55. The summed E-state index contributed by atoms with van der Waals surface area (Å²) in [4.78, 5) is 12.1. The molecule has 2 aromatic rings. The highest BCUT2D eigenvalue weighted by atomic mass is 32.2. The number of hydrogen-bond acceptors (Lipinski definition) is 4. The highest BCUT2D eigenvalue weighted by Gasteiger charge is 2.16. The molecule has 9 heteroatoms. The van der Waals surface area contributed by atoms with Gasteiger partial charge in [0.15, 0.2) is 0 Å². The van der Waals surface area contributed by atoms with Crippen molar-refractivity contribution in [1.82, 2.24) is 10.0 Å². The topological polar surface area (TPSA) is 84.5 Å². The van der Waals surface area contributed by atoms with Crippen LogP contribution in [0, 0.1) is 13.8 Å². The molecular weight excluding hydrogens is 390 g/mol. The van der Waals surface area contributed by atoms with Crippen LogP contribution < -0.4 is 14.8 Å². The lowest BCUT2D eigenvalue weighted by Gasteiger charge is -2.11. The normalized spacial score (nSPS) is 11.5. The molecule has 6 nitrogen and oxygen atoms in total. The molecule has 28 heavy (non-hydrogen) atoms. The number of alkyl halides is 2. The fourth-order valence-corrected chi connectivity index (χ4v) is 3.85. The summed E-state index contributed by atoms with van der Waals surface area (Å²) in [6, 6.07) is 11.0. The number of hydrogen-bond donors (Lipinski definition) is 2. The Morgan fingerprint density at radius 2 is 1.89 bits per heavy atom. The first-order valence-corrected chi connectivity index (χ1v) is 10.0. The second-order valence-corrected chi connectivity index (χ2v) is 7.95. The molecule has 2 aromatic carbocycles. The lowest BCUT2D eigenvalue weighted by molar-refractivity contribution is -0.121. The van der Waals surface area contributed by atoms with Crippen LogP contribution in [0.3, 0.4) is 0 Å². The maximum Gasteiger partial charge on any atom is 0.387 e. The molecule has 152 valence electrons. The summed E-state index contributed by atoms with van der Waals surface area (Å²) < 4.78 is 55.8. The van der Waals surface area contributed by atoms with E-state index >= 15 is 0 Å². The number of amides is 1.